The standard InChI is InChI=1S/C21H28N2O2/c1-15-8-7-11-19(16(15)2)17(3)20-22-12-13-23(20)21(24)25-14-18-9-5-4-6-10-18/h7-8,11-13,17-18H,4-6,9-10,14H2,1-3H3/t17-/m0/s1. The molecule has 0 radical (unpaired) electrons. The third-order valence-corrected chi connectivity index (χ3v) is 5.53. The molecule has 0 unspecified atom stereocenters. The summed E-state index contributed by atoms with van der Waals surface area (Å²) in [5.74, 6) is 1.29. The topological polar surface area (TPSA) is 44.1 Å². The lowest BCUT2D eigenvalue weighted by molar-refractivity contribution is 0.116. The fourth-order valence-electron chi connectivity index (χ4n) is 3.78. The molecule has 1 atom stereocenters. The summed E-state index contributed by atoms with van der Waals surface area (Å²) in [7, 11) is 0. The van der Waals surface area contributed by atoms with E-state index in [1.165, 1.54) is 48.8 Å². The van der Waals surface area contributed by atoms with E-state index in [9.17, 15) is 4.79 Å². The number of benzene rings is 1. The Morgan fingerprint density at radius 1 is 1.28 bits per heavy atom. The molecule has 2 aromatic rings. The average Bonchev–Trinajstić information content (AvgIpc) is 3.12. The van der Waals surface area contributed by atoms with Gasteiger partial charge in [-0.2, -0.15) is 0 Å². The summed E-state index contributed by atoms with van der Waals surface area (Å²) in [5.41, 5.74) is 3.70. The number of rotatable bonds is 4. The fraction of sp³-hybridized carbons (Fsp3) is 0.524. The quantitative estimate of drug-likeness (QED) is 0.767. The van der Waals surface area contributed by atoms with E-state index in [0.29, 0.717) is 12.5 Å². The van der Waals surface area contributed by atoms with Crippen molar-refractivity contribution in [1.29, 1.82) is 0 Å². The maximum absolute atomic E-state index is 12.6. The highest BCUT2D eigenvalue weighted by Crippen LogP contribution is 2.28. The number of nitrogens with zero attached hydrogens (tertiary/aromatic N) is 2. The zero-order valence-electron chi connectivity index (χ0n) is 15.5. The van der Waals surface area contributed by atoms with E-state index in [1.807, 2.05) is 0 Å². The molecule has 134 valence electrons. The molecule has 1 aliphatic rings. The monoisotopic (exact) mass is 340 g/mol. The van der Waals surface area contributed by atoms with E-state index in [2.05, 4.69) is 44.0 Å². The van der Waals surface area contributed by atoms with Gasteiger partial charge in [-0.15, -0.1) is 0 Å². The van der Waals surface area contributed by atoms with Gasteiger partial charge in [-0.1, -0.05) is 44.4 Å². The van der Waals surface area contributed by atoms with Crippen molar-refractivity contribution in [3.05, 3.63) is 53.1 Å². The summed E-state index contributed by atoms with van der Waals surface area (Å²) >= 11 is 0. The Morgan fingerprint density at radius 3 is 2.80 bits per heavy atom. The average molecular weight is 340 g/mol. The third-order valence-electron chi connectivity index (χ3n) is 5.53. The number of hydrogen-bond donors (Lipinski definition) is 0. The molecule has 4 heteroatoms. The van der Waals surface area contributed by atoms with E-state index in [4.69, 9.17) is 4.74 Å². The van der Waals surface area contributed by atoms with Crippen LogP contribution in [0.3, 0.4) is 0 Å². The van der Waals surface area contributed by atoms with E-state index in [-0.39, 0.29) is 12.0 Å². The van der Waals surface area contributed by atoms with Gasteiger partial charge in [0.05, 0.1) is 6.61 Å². The van der Waals surface area contributed by atoms with Crippen molar-refractivity contribution in [3.8, 4) is 0 Å². The normalized spacial score (nSPS) is 16.6. The number of ether oxygens (including phenoxy) is 1. The van der Waals surface area contributed by atoms with Gasteiger partial charge in [0.15, 0.2) is 0 Å². The van der Waals surface area contributed by atoms with Gasteiger partial charge in [-0.25, -0.2) is 14.3 Å². The van der Waals surface area contributed by atoms with Gasteiger partial charge in [0.2, 0.25) is 0 Å². The molecule has 4 nitrogen and oxygen atoms in total. The highest BCUT2D eigenvalue weighted by Gasteiger charge is 2.22. The maximum atomic E-state index is 12.6. The second-order valence-electron chi connectivity index (χ2n) is 7.25. The van der Waals surface area contributed by atoms with E-state index >= 15 is 0 Å². The summed E-state index contributed by atoms with van der Waals surface area (Å²) in [4.78, 5) is 17.0. The van der Waals surface area contributed by atoms with Crippen molar-refractivity contribution in [2.24, 2.45) is 5.92 Å². The molecule has 1 aliphatic carbocycles. The molecule has 0 saturated heterocycles. The van der Waals surface area contributed by atoms with Gasteiger partial charge >= 0.3 is 6.09 Å². The summed E-state index contributed by atoms with van der Waals surface area (Å²) < 4.78 is 7.16. The molecule has 1 saturated carbocycles. The highest BCUT2D eigenvalue weighted by atomic mass is 16.5. The fourth-order valence-corrected chi connectivity index (χ4v) is 3.78. The van der Waals surface area contributed by atoms with Crippen LogP contribution in [-0.2, 0) is 4.74 Å². The second kappa shape index (κ2) is 7.85. The number of imidazole rings is 1. The van der Waals surface area contributed by atoms with Crippen molar-refractivity contribution in [3.63, 3.8) is 0 Å². The Labute approximate surface area is 150 Å². The lowest BCUT2D eigenvalue weighted by Gasteiger charge is -2.21. The first-order valence-electron chi connectivity index (χ1n) is 9.34. The molecular weight excluding hydrogens is 312 g/mol. The van der Waals surface area contributed by atoms with Crippen molar-refractivity contribution < 1.29 is 9.53 Å². The molecular formula is C21H28N2O2. The van der Waals surface area contributed by atoms with Crippen LogP contribution in [0.15, 0.2) is 30.6 Å². The lowest BCUT2D eigenvalue weighted by atomic mass is 9.90. The zero-order chi connectivity index (χ0) is 17.8. The molecule has 0 N–H and O–H groups in total. The van der Waals surface area contributed by atoms with Crippen LogP contribution in [0, 0.1) is 19.8 Å². The Bertz CT molecular complexity index is 729. The minimum atomic E-state index is -0.310. The lowest BCUT2D eigenvalue weighted by Crippen LogP contribution is -2.22. The first-order chi connectivity index (χ1) is 12.1. The summed E-state index contributed by atoms with van der Waals surface area (Å²) in [6.07, 6.45) is 9.23. The number of hydrogen-bond acceptors (Lipinski definition) is 3. The number of carbonyl (C=O) groups is 1. The van der Waals surface area contributed by atoms with Gasteiger partial charge in [-0.05, 0) is 49.3 Å². The van der Waals surface area contributed by atoms with Crippen LogP contribution in [0.2, 0.25) is 0 Å². The molecule has 1 aromatic heterocycles. The summed E-state index contributed by atoms with van der Waals surface area (Å²) in [5, 5.41) is 0. The third kappa shape index (κ3) is 3.94. The Kier molecular flexibility index (Phi) is 5.57. The van der Waals surface area contributed by atoms with Crippen LogP contribution in [-0.4, -0.2) is 22.3 Å². The Balaban J connectivity index is 1.73. The molecule has 0 bridgehead atoms. The molecule has 0 amide bonds. The Hall–Kier alpha value is -2.10. The molecule has 0 spiro atoms. The zero-order valence-corrected chi connectivity index (χ0v) is 15.5. The molecule has 1 heterocycles. The van der Waals surface area contributed by atoms with Crippen molar-refractivity contribution >= 4 is 6.09 Å². The molecule has 3 rings (SSSR count). The van der Waals surface area contributed by atoms with E-state index in [1.54, 1.807) is 17.0 Å². The van der Waals surface area contributed by atoms with Gasteiger partial charge in [0.1, 0.15) is 5.82 Å². The molecule has 0 aliphatic heterocycles. The van der Waals surface area contributed by atoms with Crippen LogP contribution in [0.1, 0.15) is 67.5 Å². The highest BCUT2D eigenvalue weighted by molar-refractivity contribution is 5.71. The number of aromatic nitrogens is 2. The van der Waals surface area contributed by atoms with Crippen molar-refractivity contribution in [1.82, 2.24) is 9.55 Å². The number of carbonyl (C=O) groups excluding carboxylic acids is 1. The van der Waals surface area contributed by atoms with Crippen LogP contribution < -0.4 is 0 Å². The molecule has 1 fully saturated rings. The largest absolute Gasteiger partial charge is 0.449 e. The summed E-state index contributed by atoms with van der Waals surface area (Å²) in [6, 6.07) is 6.28. The SMILES string of the molecule is Cc1cccc([C@H](C)c2nccn2C(=O)OCC2CCCCC2)c1C. The van der Waals surface area contributed by atoms with Crippen molar-refractivity contribution in [2.45, 2.75) is 58.8 Å². The maximum Gasteiger partial charge on any atom is 0.419 e. The van der Waals surface area contributed by atoms with E-state index in [0.717, 1.165) is 5.82 Å². The predicted octanol–water partition coefficient (Wildman–Crippen LogP) is 5.22. The predicted molar refractivity (Wildman–Crippen MR) is 99.0 cm³/mol. The van der Waals surface area contributed by atoms with Crippen LogP contribution in [0.5, 0.6) is 0 Å². The smallest absolute Gasteiger partial charge is 0.419 e. The van der Waals surface area contributed by atoms with Gasteiger partial charge in [-0.3, -0.25) is 0 Å². The van der Waals surface area contributed by atoms with Gasteiger partial charge in [0.25, 0.3) is 0 Å². The second-order valence-corrected chi connectivity index (χ2v) is 7.25. The Morgan fingerprint density at radius 2 is 2.04 bits per heavy atom. The minimum Gasteiger partial charge on any atom is -0.449 e. The van der Waals surface area contributed by atoms with Gasteiger partial charge in [0, 0.05) is 18.3 Å². The first kappa shape index (κ1) is 17.7. The number of aryl methyl sites for hydroxylation is 1. The minimum absolute atomic E-state index is 0.0390. The van der Waals surface area contributed by atoms with Crippen LogP contribution in [0.4, 0.5) is 4.79 Å². The van der Waals surface area contributed by atoms with Crippen LogP contribution in [0.25, 0.3) is 0 Å². The van der Waals surface area contributed by atoms with Crippen molar-refractivity contribution in [2.75, 3.05) is 6.61 Å². The van der Waals surface area contributed by atoms with Gasteiger partial charge < -0.3 is 4.74 Å². The van der Waals surface area contributed by atoms with E-state index < -0.39 is 0 Å². The first-order valence-corrected chi connectivity index (χ1v) is 9.34. The molecule has 25 heavy (non-hydrogen) atoms. The summed E-state index contributed by atoms with van der Waals surface area (Å²) in [6.45, 7) is 6.84. The molecule has 1 aromatic carbocycles. The van der Waals surface area contributed by atoms with Crippen LogP contribution >= 0.6 is 0 Å².